The molecule has 5 nitrogen and oxygen atoms in total. The van der Waals surface area contributed by atoms with Crippen LogP contribution in [0, 0.1) is 5.92 Å². The molecule has 130 valence electrons. The van der Waals surface area contributed by atoms with Crippen LogP contribution in [-0.2, 0) is 22.5 Å². The van der Waals surface area contributed by atoms with Crippen LogP contribution < -0.4 is 0 Å². The van der Waals surface area contributed by atoms with Crippen LogP contribution in [0.4, 0.5) is 0 Å². The van der Waals surface area contributed by atoms with Crippen molar-refractivity contribution < 1.29 is 14.6 Å². The molecule has 2 heterocycles. The summed E-state index contributed by atoms with van der Waals surface area (Å²) in [4.78, 5) is 17.2. The van der Waals surface area contributed by atoms with E-state index in [9.17, 15) is 9.90 Å². The zero-order chi connectivity index (χ0) is 16.5. The molecule has 1 aromatic rings. The second-order valence-corrected chi connectivity index (χ2v) is 7.31. The molecule has 4 rings (SSSR count). The van der Waals surface area contributed by atoms with Gasteiger partial charge in [-0.15, -0.1) is 0 Å². The van der Waals surface area contributed by atoms with Gasteiger partial charge in [0.1, 0.15) is 0 Å². The number of carbonyl (C=O) groups is 1. The number of fused-ring (bicyclic) bond motifs is 2. The van der Waals surface area contributed by atoms with E-state index in [0.717, 1.165) is 32.4 Å². The third-order valence-corrected chi connectivity index (χ3v) is 5.78. The first-order chi connectivity index (χ1) is 11.7. The summed E-state index contributed by atoms with van der Waals surface area (Å²) < 4.78 is 5.83. The van der Waals surface area contributed by atoms with E-state index in [0.29, 0.717) is 19.7 Å². The minimum Gasteiger partial charge on any atom is -0.396 e. The first kappa shape index (κ1) is 16.1. The van der Waals surface area contributed by atoms with Gasteiger partial charge >= 0.3 is 0 Å². The van der Waals surface area contributed by atoms with Crippen molar-refractivity contribution in [1.29, 1.82) is 0 Å². The highest BCUT2D eigenvalue weighted by molar-refractivity contribution is 5.79. The maximum Gasteiger partial charge on any atom is 0.237 e. The average molecular weight is 330 g/mol. The van der Waals surface area contributed by atoms with E-state index in [4.69, 9.17) is 4.74 Å². The summed E-state index contributed by atoms with van der Waals surface area (Å²) in [5, 5.41) is 9.42. The summed E-state index contributed by atoms with van der Waals surface area (Å²) in [6.45, 7) is 3.79. The second-order valence-electron chi connectivity index (χ2n) is 7.31. The van der Waals surface area contributed by atoms with Crippen molar-refractivity contribution in [3.63, 3.8) is 0 Å². The van der Waals surface area contributed by atoms with Gasteiger partial charge in [0.2, 0.25) is 5.91 Å². The SMILES string of the molecule is O=C(CN1CCc2ccccc2C1)N1CCOC2C[C@H](CO)C[C@@H]21. The zero-order valence-electron chi connectivity index (χ0n) is 14.1. The van der Waals surface area contributed by atoms with Crippen LogP contribution in [-0.4, -0.2) is 65.8 Å². The molecule has 1 aliphatic carbocycles. The molecular weight excluding hydrogens is 304 g/mol. The first-order valence-electron chi connectivity index (χ1n) is 9.05. The highest BCUT2D eigenvalue weighted by Crippen LogP contribution is 2.34. The fourth-order valence-electron chi connectivity index (χ4n) is 4.48. The predicted molar refractivity (Wildman–Crippen MR) is 90.5 cm³/mol. The number of ether oxygens (including phenoxy) is 1. The van der Waals surface area contributed by atoms with Gasteiger partial charge < -0.3 is 14.7 Å². The van der Waals surface area contributed by atoms with E-state index in [1.54, 1.807) is 0 Å². The normalized spacial score (nSPS) is 30.0. The van der Waals surface area contributed by atoms with Crippen LogP contribution in [0.1, 0.15) is 24.0 Å². The number of hydrogen-bond donors (Lipinski definition) is 1. The minimum atomic E-state index is 0.113. The molecule has 3 atom stereocenters. The molecule has 0 bridgehead atoms. The van der Waals surface area contributed by atoms with Gasteiger partial charge in [0.25, 0.3) is 0 Å². The number of carbonyl (C=O) groups excluding carboxylic acids is 1. The van der Waals surface area contributed by atoms with Gasteiger partial charge in [-0.3, -0.25) is 9.69 Å². The Morgan fingerprint density at radius 3 is 2.88 bits per heavy atom. The molecule has 1 N–H and O–H groups in total. The van der Waals surface area contributed by atoms with Crippen LogP contribution in [0.2, 0.25) is 0 Å². The molecule has 24 heavy (non-hydrogen) atoms. The Balaban J connectivity index is 1.39. The van der Waals surface area contributed by atoms with E-state index in [2.05, 4.69) is 29.2 Å². The van der Waals surface area contributed by atoms with Gasteiger partial charge in [-0.1, -0.05) is 24.3 Å². The molecule has 1 saturated heterocycles. The largest absolute Gasteiger partial charge is 0.396 e. The Bertz CT molecular complexity index is 606. The Morgan fingerprint density at radius 2 is 2.04 bits per heavy atom. The van der Waals surface area contributed by atoms with E-state index < -0.39 is 0 Å². The number of morpholine rings is 1. The third-order valence-electron chi connectivity index (χ3n) is 5.78. The predicted octanol–water partition coefficient (Wildman–Crippen LogP) is 1.04. The molecule has 1 unspecified atom stereocenters. The minimum absolute atomic E-state index is 0.113. The van der Waals surface area contributed by atoms with E-state index >= 15 is 0 Å². The first-order valence-corrected chi connectivity index (χ1v) is 9.05. The van der Waals surface area contributed by atoms with Crippen molar-refractivity contribution in [2.45, 2.75) is 38.0 Å². The standard InChI is InChI=1S/C19H26N2O3/c22-13-14-9-17-18(10-14)24-8-7-21(17)19(23)12-20-6-5-15-3-1-2-4-16(15)11-20/h1-4,14,17-18,22H,5-13H2/t14-,17+,18?/m1/s1. The molecule has 2 fully saturated rings. The highest BCUT2D eigenvalue weighted by Gasteiger charge is 2.42. The molecule has 0 radical (unpaired) electrons. The lowest BCUT2D eigenvalue weighted by atomic mass is 10.00. The number of hydrogen-bond acceptors (Lipinski definition) is 4. The monoisotopic (exact) mass is 330 g/mol. The number of aliphatic hydroxyl groups excluding tert-OH is 1. The fraction of sp³-hybridized carbons (Fsp3) is 0.632. The summed E-state index contributed by atoms with van der Waals surface area (Å²) in [5.41, 5.74) is 2.76. The number of aliphatic hydroxyl groups is 1. The number of nitrogens with zero attached hydrogens (tertiary/aromatic N) is 2. The maximum atomic E-state index is 12.9. The van der Waals surface area contributed by atoms with Crippen molar-refractivity contribution in [2.24, 2.45) is 5.92 Å². The summed E-state index contributed by atoms with van der Waals surface area (Å²) in [6.07, 6.45) is 2.88. The Labute approximate surface area is 143 Å². The van der Waals surface area contributed by atoms with Crippen LogP contribution in [0.5, 0.6) is 0 Å². The van der Waals surface area contributed by atoms with Crippen molar-refractivity contribution in [2.75, 3.05) is 32.8 Å². The quantitative estimate of drug-likeness (QED) is 0.900. The Morgan fingerprint density at radius 1 is 1.21 bits per heavy atom. The molecule has 1 saturated carbocycles. The molecular formula is C19H26N2O3. The summed E-state index contributed by atoms with van der Waals surface area (Å²) in [6, 6.07) is 8.67. The molecule has 2 aliphatic heterocycles. The molecule has 5 heteroatoms. The van der Waals surface area contributed by atoms with Gasteiger partial charge in [-0.05, 0) is 36.3 Å². The van der Waals surface area contributed by atoms with Crippen molar-refractivity contribution in [3.05, 3.63) is 35.4 Å². The lowest BCUT2D eigenvalue weighted by Gasteiger charge is -2.39. The van der Waals surface area contributed by atoms with Crippen molar-refractivity contribution >= 4 is 5.91 Å². The lowest BCUT2D eigenvalue weighted by Crippen LogP contribution is -2.54. The van der Waals surface area contributed by atoms with Crippen LogP contribution in [0.15, 0.2) is 24.3 Å². The van der Waals surface area contributed by atoms with Gasteiger partial charge in [0.15, 0.2) is 0 Å². The average Bonchev–Trinajstić information content (AvgIpc) is 3.04. The summed E-state index contributed by atoms with van der Waals surface area (Å²) in [5.74, 6) is 0.488. The Kier molecular flexibility index (Phi) is 4.57. The van der Waals surface area contributed by atoms with Gasteiger partial charge in [0, 0.05) is 26.2 Å². The Hall–Kier alpha value is -1.43. The van der Waals surface area contributed by atoms with Crippen LogP contribution in [0.3, 0.4) is 0 Å². The van der Waals surface area contributed by atoms with E-state index in [-0.39, 0.29) is 30.6 Å². The second kappa shape index (κ2) is 6.82. The van der Waals surface area contributed by atoms with Gasteiger partial charge in [-0.25, -0.2) is 0 Å². The third kappa shape index (κ3) is 3.08. The van der Waals surface area contributed by atoms with Crippen molar-refractivity contribution in [3.8, 4) is 0 Å². The maximum absolute atomic E-state index is 12.9. The molecule has 3 aliphatic rings. The van der Waals surface area contributed by atoms with E-state index in [1.807, 2.05) is 4.90 Å². The van der Waals surface area contributed by atoms with Gasteiger partial charge in [-0.2, -0.15) is 0 Å². The van der Waals surface area contributed by atoms with E-state index in [1.165, 1.54) is 11.1 Å². The number of rotatable bonds is 3. The molecule has 1 aromatic carbocycles. The fourth-order valence-corrected chi connectivity index (χ4v) is 4.48. The molecule has 0 aromatic heterocycles. The van der Waals surface area contributed by atoms with Crippen LogP contribution in [0.25, 0.3) is 0 Å². The topological polar surface area (TPSA) is 53.0 Å². The van der Waals surface area contributed by atoms with Crippen LogP contribution >= 0.6 is 0 Å². The molecule has 1 amide bonds. The number of amides is 1. The zero-order valence-corrected chi connectivity index (χ0v) is 14.1. The summed E-state index contributed by atoms with van der Waals surface area (Å²) >= 11 is 0. The smallest absolute Gasteiger partial charge is 0.237 e. The lowest BCUT2D eigenvalue weighted by molar-refractivity contribution is -0.145. The highest BCUT2D eigenvalue weighted by atomic mass is 16.5. The molecule has 0 spiro atoms. The summed E-state index contributed by atoms with van der Waals surface area (Å²) in [7, 11) is 0. The number of benzene rings is 1. The van der Waals surface area contributed by atoms with Gasteiger partial charge in [0.05, 0.1) is 25.3 Å². The van der Waals surface area contributed by atoms with Crippen molar-refractivity contribution in [1.82, 2.24) is 9.80 Å².